The van der Waals surface area contributed by atoms with Crippen LogP contribution in [0.5, 0.6) is 11.5 Å². The predicted molar refractivity (Wildman–Crippen MR) is 176 cm³/mol. The fourth-order valence-electron chi connectivity index (χ4n) is 4.14. The molecule has 1 aliphatic rings. The summed E-state index contributed by atoms with van der Waals surface area (Å²) in [4.78, 5) is 64.1. The molecule has 2 N–H and O–H groups in total. The number of anilines is 2. The number of carbonyl (C=O) groups is 5. The van der Waals surface area contributed by atoms with E-state index < -0.39 is 29.6 Å². The number of ether oxygens (including phenoxy) is 3. The smallest absolute Gasteiger partial charge is 0.339 e. The molecule has 0 saturated carbocycles. The summed E-state index contributed by atoms with van der Waals surface area (Å²) in [6, 6.07) is 16.5. The standard InChI is InChI=1S/C33H32ClN3O8S/c1-4-14-44-32(41)24-17-23(11-12-25(24)34)36-29(38)18-37-31(40)28(46-33(37)42)16-21-8-13-26(27(15-21)43-5-2)45-19-30(39)35-22-9-6-20(3)7-10-22/h6-13,15-17H,4-5,14,18-19H2,1-3H3,(H,35,39)(H,36,38)/b28-16-. The lowest BCUT2D eigenvalue weighted by Crippen LogP contribution is -2.36. The molecule has 1 aliphatic heterocycles. The van der Waals surface area contributed by atoms with Gasteiger partial charge in [0.25, 0.3) is 17.1 Å². The average Bonchev–Trinajstić information content (AvgIpc) is 3.28. The molecule has 1 heterocycles. The van der Waals surface area contributed by atoms with Crippen molar-refractivity contribution in [2.45, 2.75) is 27.2 Å². The minimum absolute atomic E-state index is 0.0790. The normalized spacial score (nSPS) is 13.5. The molecule has 1 fully saturated rings. The number of halogens is 1. The number of nitrogens with zero attached hydrogens (tertiary/aromatic N) is 1. The van der Waals surface area contributed by atoms with Gasteiger partial charge in [0, 0.05) is 11.4 Å². The molecule has 0 aromatic heterocycles. The van der Waals surface area contributed by atoms with Crippen LogP contribution in [0.2, 0.25) is 5.02 Å². The van der Waals surface area contributed by atoms with Crippen LogP contribution < -0.4 is 20.1 Å². The lowest BCUT2D eigenvalue weighted by molar-refractivity contribution is -0.127. The van der Waals surface area contributed by atoms with Gasteiger partial charge in [0.2, 0.25) is 5.91 Å². The second-order valence-electron chi connectivity index (χ2n) is 9.99. The Morgan fingerprint density at radius 2 is 1.61 bits per heavy atom. The van der Waals surface area contributed by atoms with Crippen LogP contribution in [0, 0.1) is 6.92 Å². The molecule has 4 amide bonds. The van der Waals surface area contributed by atoms with E-state index in [2.05, 4.69) is 10.6 Å². The van der Waals surface area contributed by atoms with Crippen LogP contribution in [0.25, 0.3) is 6.08 Å². The Labute approximate surface area is 275 Å². The third-order valence-corrected chi connectivity index (χ3v) is 7.58. The largest absolute Gasteiger partial charge is 0.490 e. The van der Waals surface area contributed by atoms with Gasteiger partial charge in [-0.2, -0.15) is 0 Å². The summed E-state index contributed by atoms with van der Waals surface area (Å²) in [5, 5.41) is 4.88. The molecular weight excluding hydrogens is 634 g/mol. The number of amides is 4. The fourth-order valence-corrected chi connectivity index (χ4v) is 5.18. The number of rotatable bonds is 13. The maximum Gasteiger partial charge on any atom is 0.339 e. The number of hydrogen-bond acceptors (Lipinski definition) is 9. The Morgan fingerprint density at radius 3 is 2.33 bits per heavy atom. The number of esters is 1. The van der Waals surface area contributed by atoms with Gasteiger partial charge in [-0.3, -0.25) is 24.1 Å². The van der Waals surface area contributed by atoms with Crippen molar-refractivity contribution in [1.82, 2.24) is 4.90 Å². The maximum absolute atomic E-state index is 13.1. The van der Waals surface area contributed by atoms with Crippen LogP contribution in [-0.2, 0) is 19.1 Å². The van der Waals surface area contributed by atoms with Gasteiger partial charge in [-0.1, -0.05) is 42.3 Å². The lowest BCUT2D eigenvalue weighted by atomic mass is 10.2. The van der Waals surface area contributed by atoms with Crippen molar-refractivity contribution in [2.24, 2.45) is 0 Å². The number of hydrogen-bond donors (Lipinski definition) is 2. The first-order valence-electron chi connectivity index (χ1n) is 14.4. The molecule has 46 heavy (non-hydrogen) atoms. The van der Waals surface area contributed by atoms with Crippen molar-refractivity contribution in [1.29, 1.82) is 0 Å². The molecule has 13 heteroatoms. The molecule has 11 nitrogen and oxygen atoms in total. The summed E-state index contributed by atoms with van der Waals surface area (Å²) < 4.78 is 16.5. The third kappa shape index (κ3) is 9.11. The van der Waals surface area contributed by atoms with E-state index in [1.165, 1.54) is 24.3 Å². The Morgan fingerprint density at radius 1 is 0.891 bits per heavy atom. The quantitative estimate of drug-likeness (QED) is 0.159. The van der Waals surface area contributed by atoms with Crippen LogP contribution >= 0.6 is 23.4 Å². The molecule has 240 valence electrons. The van der Waals surface area contributed by atoms with Gasteiger partial charge in [0.1, 0.15) is 6.54 Å². The molecule has 3 aromatic rings. The first-order chi connectivity index (χ1) is 22.1. The highest BCUT2D eigenvalue weighted by molar-refractivity contribution is 8.18. The Hall–Kier alpha value is -4.81. The molecule has 0 spiro atoms. The molecule has 0 radical (unpaired) electrons. The van der Waals surface area contributed by atoms with Gasteiger partial charge >= 0.3 is 5.97 Å². The highest BCUT2D eigenvalue weighted by atomic mass is 35.5. The molecule has 0 bridgehead atoms. The van der Waals surface area contributed by atoms with Gasteiger partial charge in [-0.25, -0.2) is 4.79 Å². The lowest BCUT2D eigenvalue weighted by Gasteiger charge is -2.14. The summed E-state index contributed by atoms with van der Waals surface area (Å²) in [5.41, 5.74) is 2.59. The molecule has 4 rings (SSSR count). The molecule has 3 aromatic carbocycles. The Kier molecular flexibility index (Phi) is 11.8. The molecule has 0 unspecified atom stereocenters. The zero-order valence-electron chi connectivity index (χ0n) is 25.4. The van der Waals surface area contributed by atoms with Crippen molar-refractivity contribution in [3.05, 3.63) is 87.3 Å². The first kappa shape index (κ1) is 34.1. The zero-order chi connectivity index (χ0) is 33.2. The second kappa shape index (κ2) is 16.0. The molecule has 1 saturated heterocycles. The van der Waals surface area contributed by atoms with E-state index in [0.717, 1.165) is 10.5 Å². The van der Waals surface area contributed by atoms with Crippen LogP contribution in [0.3, 0.4) is 0 Å². The van der Waals surface area contributed by atoms with Crippen molar-refractivity contribution in [3.8, 4) is 11.5 Å². The topological polar surface area (TPSA) is 140 Å². The third-order valence-electron chi connectivity index (χ3n) is 6.34. The van der Waals surface area contributed by atoms with Gasteiger partial charge in [0.15, 0.2) is 18.1 Å². The summed E-state index contributed by atoms with van der Waals surface area (Å²) in [5.74, 6) is -1.60. The fraction of sp³-hybridized carbons (Fsp3) is 0.242. The minimum Gasteiger partial charge on any atom is -0.490 e. The highest BCUT2D eigenvalue weighted by Crippen LogP contribution is 2.35. The summed E-state index contributed by atoms with van der Waals surface area (Å²) in [7, 11) is 0. The summed E-state index contributed by atoms with van der Waals surface area (Å²) in [6.07, 6.45) is 2.14. The first-order valence-corrected chi connectivity index (χ1v) is 15.6. The minimum atomic E-state index is -0.648. The Bertz CT molecular complexity index is 1680. The van der Waals surface area contributed by atoms with Crippen LogP contribution in [0.15, 0.2) is 65.6 Å². The van der Waals surface area contributed by atoms with Gasteiger partial charge < -0.3 is 24.8 Å². The monoisotopic (exact) mass is 665 g/mol. The number of carbonyl (C=O) groups excluding carboxylic acids is 5. The number of thioether (sulfide) groups is 1. The average molecular weight is 666 g/mol. The zero-order valence-corrected chi connectivity index (χ0v) is 27.0. The SMILES string of the molecule is CCCOC(=O)c1cc(NC(=O)CN2C(=O)S/C(=C\c3ccc(OCC(=O)Nc4ccc(C)cc4)c(OCC)c3)C2=O)ccc1Cl. The summed E-state index contributed by atoms with van der Waals surface area (Å²) >= 11 is 6.80. The number of nitrogens with one attached hydrogen (secondary N) is 2. The van der Waals surface area contributed by atoms with E-state index in [0.29, 0.717) is 47.5 Å². The number of imide groups is 1. The van der Waals surface area contributed by atoms with Crippen LogP contribution in [0.4, 0.5) is 16.2 Å². The number of aryl methyl sites for hydroxylation is 1. The Balaban J connectivity index is 1.39. The maximum atomic E-state index is 13.1. The van der Waals surface area contributed by atoms with E-state index >= 15 is 0 Å². The molecule has 0 atom stereocenters. The molecule has 0 aliphatic carbocycles. The summed E-state index contributed by atoms with van der Waals surface area (Å²) in [6.45, 7) is 5.34. The number of benzene rings is 3. The van der Waals surface area contributed by atoms with E-state index in [4.69, 9.17) is 25.8 Å². The van der Waals surface area contributed by atoms with E-state index in [9.17, 15) is 24.0 Å². The van der Waals surface area contributed by atoms with E-state index in [1.807, 2.05) is 26.0 Å². The van der Waals surface area contributed by atoms with E-state index in [1.54, 1.807) is 37.3 Å². The van der Waals surface area contributed by atoms with Gasteiger partial charge in [-0.15, -0.1) is 0 Å². The van der Waals surface area contributed by atoms with E-state index in [-0.39, 0.29) is 40.3 Å². The van der Waals surface area contributed by atoms with Gasteiger partial charge in [0.05, 0.1) is 28.7 Å². The van der Waals surface area contributed by atoms with Crippen molar-refractivity contribution in [3.63, 3.8) is 0 Å². The predicted octanol–water partition coefficient (Wildman–Crippen LogP) is 6.31. The van der Waals surface area contributed by atoms with Crippen LogP contribution in [0.1, 0.15) is 41.8 Å². The molecular formula is C33H32ClN3O8S. The van der Waals surface area contributed by atoms with Crippen molar-refractivity contribution in [2.75, 3.05) is 37.0 Å². The van der Waals surface area contributed by atoms with Gasteiger partial charge in [-0.05, 0) is 86.1 Å². The van der Waals surface area contributed by atoms with Crippen molar-refractivity contribution >= 4 is 69.7 Å². The highest BCUT2D eigenvalue weighted by Gasteiger charge is 2.36. The second-order valence-corrected chi connectivity index (χ2v) is 11.4. The van der Waals surface area contributed by atoms with Crippen LogP contribution in [-0.4, -0.2) is 60.2 Å². The van der Waals surface area contributed by atoms with Crippen molar-refractivity contribution < 1.29 is 38.2 Å².